The van der Waals surface area contributed by atoms with E-state index in [4.69, 9.17) is 4.42 Å². The summed E-state index contributed by atoms with van der Waals surface area (Å²) < 4.78 is 5.63. The molecule has 1 aromatic carbocycles. The van der Waals surface area contributed by atoms with E-state index in [0.29, 0.717) is 30.1 Å². The molecule has 0 atom stereocenters. The zero-order valence-electron chi connectivity index (χ0n) is 15.5. The Balaban J connectivity index is 1.76. The molecule has 1 aromatic heterocycles. The maximum atomic E-state index is 12.6. The van der Waals surface area contributed by atoms with Crippen LogP contribution in [0.3, 0.4) is 0 Å². The standard InChI is InChI=1S/C21H23NO5/c1-13-9-11-21(12-10-13,20(25)26)22-19(24)18-8-7-17(27-18)16-5-3-15(4-6-16)14(2)23/h3-8,13H,9-12H2,1-2H3,(H,22,24)(H,25,26). The van der Waals surface area contributed by atoms with E-state index in [1.807, 2.05) is 0 Å². The van der Waals surface area contributed by atoms with Crippen LogP contribution < -0.4 is 5.32 Å². The zero-order chi connectivity index (χ0) is 19.6. The number of ketones is 1. The van der Waals surface area contributed by atoms with Gasteiger partial charge in [0, 0.05) is 11.1 Å². The lowest BCUT2D eigenvalue weighted by Gasteiger charge is -2.36. The summed E-state index contributed by atoms with van der Waals surface area (Å²) in [7, 11) is 0. The Morgan fingerprint density at radius 3 is 2.26 bits per heavy atom. The number of amides is 1. The molecule has 3 rings (SSSR count). The molecule has 142 valence electrons. The minimum atomic E-state index is -1.24. The normalized spacial score (nSPS) is 22.2. The molecular formula is C21H23NO5. The van der Waals surface area contributed by atoms with Crippen LogP contribution in [0.4, 0.5) is 0 Å². The van der Waals surface area contributed by atoms with Crippen LogP contribution in [-0.2, 0) is 4.79 Å². The third-order valence-corrected chi connectivity index (χ3v) is 5.30. The van der Waals surface area contributed by atoms with Gasteiger partial charge in [0.15, 0.2) is 11.5 Å². The van der Waals surface area contributed by atoms with Crippen molar-refractivity contribution in [1.82, 2.24) is 5.32 Å². The van der Waals surface area contributed by atoms with Gasteiger partial charge in [-0.3, -0.25) is 9.59 Å². The molecule has 1 fully saturated rings. The van der Waals surface area contributed by atoms with Crippen molar-refractivity contribution in [2.75, 3.05) is 0 Å². The van der Waals surface area contributed by atoms with E-state index in [0.717, 1.165) is 18.4 Å². The van der Waals surface area contributed by atoms with Crippen molar-refractivity contribution >= 4 is 17.7 Å². The number of hydrogen-bond donors (Lipinski definition) is 2. The molecule has 2 N–H and O–H groups in total. The number of benzene rings is 1. The summed E-state index contributed by atoms with van der Waals surface area (Å²) in [4.78, 5) is 35.7. The van der Waals surface area contributed by atoms with E-state index in [1.54, 1.807) is 30.3 Å². The highest BCUT2D eigenvalue weighted by atomic mass is 16.4. The fourth-order valence-corrected chi connectivity index (χ4v) is 3.41. The van der Waals surface area contributed by atoms with Crippen LogP contribution in [0.5, 0.6) is 0 Å². The van der Waals surface area contributed by atoms with Crippen molar-refractivity contribution in [1.29, 1.82) is 0 Å². The average molecular weight is 369 g/mol. The first kappa shape index (κ1) is 18.9. The number of Topliss-reactive ketones (excluding diaryl/α,β-unsaturated/α-hetero) is 1. The predicted octanol–water partition coefficient (Wildman–Crippen LogP) is 3.91. The molecule has 1 aliphatic rings. The minimum Gasteiger partial charge on any atom is -0.480 e. The number of nitrogens with one attached hydrogen (secondary N) is 1. The Hall–Kier alpha value is -2.89. The molecule has 6 nitrogen and oxygen atoms in total. The molecule has 0 aliphatic heterocycles. The Labute approximate surface area is 157 Å². The average Bonchev–Trinajstić information content (AvgIpc) is 3.14. The lowest BCUT2D eigenvalue weighted by Crippen LogP contribution is -2.56. The second-order valence-electron chi connectivity index (χ2n) is 7.32. The topological polar surface area (TPSA) is 96.6 Å². The molecule has 2 aromatic rings. The highest BCUT2D eigenvalue weighted by molar-refractivity contribution is 5.96. The third-order valence-electron chi connectivity index (χ3n) is 5.30. The van der Waals surface area contributed by atoms with E-state index in [9.17, 15) is 19.5 Å². The fraction of sp³-hybridized carbons (Fsp3) is 0.381. The van der Waals surface area contributed by atoms with Gasteiger partial charge in [-0.1, -0.05) is 31.2 Å². The Bertz CT molecular complexity index is 857. The van der Waals surface area contributed by atoms with Crippen molar-refractivity contribution in [3.63, 3.8) is 0 Å². The predicted molar refractivity (Wildman–Crippen MR) is 99.6 cm³/mol. The number of carboxylic acid groups (broad SMARTS) is 1. The van der Waals surface area contributed by atoms with Gasteiger partial charge in [-0.2, -0.15) is 0 Å². The van der Waals surface area contributed by atoms with E-state index in [-0.39, 0.29) is 11.5 Å². The lowest BCUT2D eigenvalue weighted by atomic mass is 9.77. The molecule has 0 unspecified atom stereocenters. The Morgan fingerprint density at radius 2 is 1.70 bits per heavy atom. The number of hydrogen-bond acceptors (Lipinski definition) is 4. The van der Waals surface area contributed by atoms with E-state index >= 15 is 0 Å². The van der Waals surface area contributed by atoms with Gasteiger partial charge in [-0.15, -0.1) is 0 Å². The van der Waals surface area contributed by atoms with Gasteiger partial charge in [-0.05, 0) is 50.7 Å². The first-order chi connectivity index (χ1) is 12.8. The van der Waals surface area contributed by atoms with Crippen LogP contribution in [0.15, 0.2) is 40.8 Å². The highest BCUT2D eigenvalue weighted by Crippen LogP contribution is 2.33. The molecular weight excluding hydrogens is 346 g/mol. The minimum absolute atomic E-state index is 0.0261. The summed E-state index contributed by atoms with van der Waals surface area (Å²) in [6, 6.07) is 10.1. The van der Waals surface area contributed by atoms with Gasteiger partial charge in [0.2, 0.25) is 0 Å². The molecule has 0 spiro atoms. The molecule has 0 bridgehead atoms. The van der Waals surface area contributed by atoms with Gasteiger partial charge < -0.3 is 14.8 Å². The summed E-state index contributed by atoms with van der Waals surface area (Å²) in [5, 5.41) is 12.3. The SMILES string of the molecule is CC(=O)c1ccc(-c2ccc(C(=O)NC3(C(=O)O)CCC(C)CC3)o2)cc1. The molecule has 0 radical (unpaired) electrons. The summed E-state index contributed by atoms with van der Waals surface area (Å²) in [5.74, 6) is -0.547. The van der Waals surface area contributed by atoms with Crippen molar-refractivity contribution in [2.24, 2.45) is 5.92 Å². The second-order valence-corrected chi connectivity index (χ2v) is 7.32. The van der Waals surface area contributed by atoms with Gasteiger partial charge in [-0.25, -0.2) is 4.79 Å². The fourth-order valence-electron chi connectivity index (χ4n) is 3.41. The molecule has 1 heterocycles. The van der Waals surface area contributed by atoms with E-state index in [1.165, 1.54) is 13.0 Å². The maximum Gasteiger partial charge on any atom is 0.329 e. The number of carboxylic acids is 1. The highest BCUT2D eigenvalue weighted by Gasteiger charge is 2.43. The number of aliphatic carboxylic acids is 1. The second kappa shape index (κ2) is 7.39. The number of rotatable bonds is 5. The molecule has 1 amide bonds. The molecule has 0 saturated heterocycles. The van der Waals surface area contributed by atoms with Crippen molar-refractivity contribution in [2.45, 2.75) is 45.1 Å². The number of furan rings is 1. The van der Waals surface area contributed by atoms with Crippen molar-refractivity contribution in [3.8, 4) is 11.3 Å². The summed E-state index contributed by atoms with van der Waals surface area (Å²) in [5.41, 5.74) is 0.0938. The van der Waals surface area contributed by atoms with Gasteiger partial charge in [0.25, 0.3) is 5.91 Å². The zero-order valence-corrected chi connectivity index (χ0v) is 15.5. The van der Waals surface area contributed by atoms with Gasteiger partial charge in [0.05, 0.1) is 0 Å². The van der Waals surface area contributed by atoms with Crippen molar-refractivity contribution < 1.29 is 23.9 Å². The lowest BCUT2D eigenvalue weighted by molar-refractivity contribution is -0.146. The molecule has 6 heteroatoms. The number of carbonyl (C=O) groups is 3. The summed E-state index contributed by atoms with van der Waals surface area (Å²) in [6.07, 6.45) is 2.35. The van der Waals surface area contributed by atoms with Crippen LogP contribution in [0.1, 0.15) is 60.4 Å². The molecule has 27 heavy (non-hydrogen) atoms. The van der Waals surface area contributed by atoms with Crippen LogP contribution in [0.2, 0.25) is 0 Å². The summed E-state index contributed by atoms with van der Waals surface area (Å²) in [6.45, 7) is 3.58. The first-order valence-corrected chi connectivity index (χ1v) is 9.08. The van der Waals surface area contributed by atoms with E-state index < -0.39 is 17.4 Å². The molecule has 1 aliphatic carbocycles. The quantitative estimate of drug-likeness (QED) is 0.779. The van der Waals surface area contributed by atoms with Crippen LogP contribution in [-0.4, -0.2) is 28.3 Å². The molecule has 1 saturated carbocycles. The summed E-state index contributed by atoms with van der Waals surface area (Å²) >= 11 is 0. The van der Waals surface area contributed by atoms with Gasteiger partial charge >= 0.3 is 5.97 Å². The van der Waals surface area contributed by atoms with Crippen LogP contribution in [0, 0.1) is 5.92 Å². The smallest absolute Gasteiger partial charge is 0.329 e. The Kier molecular flexibility index (Phi) is 5.17. The van der Waals surface area contributed by atoms with Crippen LogP contribution in [0.25, 0.3) is 11.3 Å². The van der Waals surface area contributed by atoms with Gasteiger partial charge in [0.1, 0.15) is 11.3 Å². The van der Waals surface area contributed by atoms with Crippen molar-refractivity contribution in [3.05, 3.63) is 47.7 Å². The monoisotopic (exact) mass is 369 g/mol. The third kappa shape index (κ3) is 3.94. The maximum absolute atomic E-state index is 12.6. The number of carbonyl (C=O) groups excluding carboxylic acids is 2. The van der Waals surface area contributed by atoms with Crippen LogP contribution >= 0.6 is 0 Å². The Morgan fingerprint density at radius 1 is 1.07 bits per heavy atom. The first-order valence-electron chi connectivity index (χ1n) is 9.08. The largest absolute Gasteiger partial charge is 0.480 e. The van der Waals surface area contributed by atoms with E-state index in [2.05, 4.69) is 12.2 Å².